The summed E-state index contributed by atoms with van der Waals surface area (Å²) in [6.07, 6.45) is 3.72. The Bertz CT molecular complexity index is 802. The topological polar surface area (TPSA) is 74.5 Å². The second-order valence-corrected chi connectivity index (χ2v) is 7.84. The molecule has 0 bridgehead atoms. The second-order valence-electron chi connectivity index (χ2n) is 7.84. The van der Waals surface area contributed by atoms with Crippen molar-refractivity contribution in [2.75, 3.05) is 37.0 Å². The van der Waals surface area contributed by atoms with Gasteiger partial charge in [0, 0.05) is 45.4 Å². The lowest BCUT2D eigenvalue weighted by atomic mass is 9.93. The summed E-state index contributed by atoms with van der Waals surface area (Å²) in [4.78, 5) is 25.6. The molecule has 1 amide bonds. The third-order valence-electron chi connectivity index (χ3n) is 5.11. The Balaban J connectivity index is 1.50. The van der Waals surface area contributed by atoms with E-state index in [-0.39, 0.29) is 5.91 Å². The lowest BCUT2D eigenvalue weighted by Crippen LogP contribution is -2.37. The van der Waals surface area contributed by atoms with Crippen LogP contribution in [0.3, 0.4) is 0 Å². The number of hydrogen-bond donors (Lipinski definition) is 1. The first-order valence-electron chi connectivity index (χ1n) is 10.0. The van der Waals surface area contributed by atoms with Gasteiger partial charge >= 0.3 is 0 Å². The van der Waals surface area contributed by atoms with Crippen LogP contribution in [0.5, 0.6) is 0 Å². The van der Waals surface area contributed by atoms with Crippen molar-refractivity contribution in [2.45, 2.75) is 46.1 Å². The Morgan fingerprint density at radius 1 is 1.32 bits per heavy atom. The van der Waals surface area contributed by atoms with Gasteiger partial charge in [0.2, 0.25) is 11.9 Å². The maximum absolute atomic E-state index is 12.2. The molecule has 1 aliphatic heterocycles. The molecule has 7 nitrogen and oxygen atoms in total. The van der Waals surface area contributed by atoms with E-state index < -0.39 is 0 Å². The Kier molecular flexibility index (Phi) is 6.54. The Labute approximate surface area is 167 Å². The molecule has 152 valence electrons. The third-order valence-corrected chi connectivity index (χ3v) is 5.11. The standard InChI is InChI=1S/C21H31N5O2/c1-15-12-19(24-21(23-15)25(3)4)26-11-5-6-17(14-26)8-10-20(27)22-13-18-9-7-16(2)28-18/h7,9,12,17H,5-6,8,10-11,13-14H2,1-4H3,(H,22,27). The number of amides is 1. The fourth-order valence-electron chi connectivity index (χ4n) is 3.60. The van der Waals surface area contributed by atoms with Gasteiger partial charge in [-0.3, -0.25) is 4.79 Å². The Morgan fingerprint density at radius 2 is 2.14 bits per heavy atom. The van der Waals surface area contributed by atoms with Crippen molar-refractivity contribution < 1.29 is 9.21 Å². The van der Waals surface area contributed by atoms with Gasteiger partial charge in [0.1, 0.15) is 17.3 Å². The van der Waals surface area contributed by atoms with Crippen molar-refractivity contribution in [3.63, 3.8) is 0 Å². The van der Waals surface area contributed by atoms with Gasteiger partial charge < -0.3 is 19.5 Å². The molecule has 1 unspecified atom stereocenters. The van der Waals surface area contributed by atoms with Crippen molar-refractivity contribution in [2.24, 2.45) is 5.92 Å². The molecule has 28 heavy (non-hydrogen) atoms. The van der Waals surface area contributed by atoms with Gasteiger partial charge in [0.25, 0.3) is 0 Å². The summed E-state index contributed by atoms with van der Waals surface area (Å²) in [7, 11) is 3.92. The smallest absolute Gasteiger partial charge is 0.226 e. The fraction of sp³-hybridized carbons (Fsp3) is 0.571. The van der Waals surface area contributed by atoms with Gasteiger partial charge in [-0.25, -0.2) is 4.98 Å². The summed E-state index contributed by atoms with van der Waals surface area (Å²) in [6, 6.07) is 5.86. The number of carbonyl (C=O) groups excluding carboxylic acids is 1. The average molecular weight is 386 g/mol. The minimum Gasteiger partial charge on any atom is -0.465 e. The first-order valence-corrected chi connectivity index (χ1v) is 10.0. The van der Waals surface area contributed by atoms with Crippen molar-refractivity contribution in [1.29, 1.82) is 0 Å². The molecule has 0 saturated carbocycles. The van der Waals surface area contributed by atoms with Gasteiger partial charge in [0.05, 0.1) is 6.54 Å². The van der Waals surface area contributed by atoms with Gasteiger partial charge in [0.15, 0.2) is 0 Å². The van der Waals surface area contributed by atoms with Gasteiger partial charge in [-0.05, 0) is 51.2 Å². The molecule has 0 spiro atoms. The molecule has 0 aliphatic carbocycles. The molecule has 1 fully saturated rings. The Hall–Kier alpha value is -2.57. The predicted molar refractivity (Wildman–Crippen MR) is 111 cm³/mol. The number of nitrogens with one attached hydrogen (secondary N) is 1. The molecule has 1 atom stereocenters. The van der Waals surface area contributed by atoms with Crippen LogP contribution in [-0.4, -0.2) is 43.1 Å². The fourth-order valence-corrected chi connectivity index (χ4v) is 3.60. The SMILES string of the molecule is Cc1cc(N2CCCC(CCC(=O)NCc3ccc(C)o3)C2)nc(N(C)C)n1. The van der Waals surface area contributed by atoms with Crippen LogP contribution < -0.4 is 15.1 Å². The second kappa shape index (κ2) is 9.08. The molecule has 0 radical (unpaired) electrons. The summed E-state index contributed by atoms with van der Waals surface area (Å²) in [5.74, 6) is 3.97. The largest absolute Gasteiger partial charge is 0.465 e. The summed E-state index contributed by atoms with van der Waals surface area (Å²) < 4.78 is 5.49. The number of aromatic nitrogens is 2. The maximum Gasteiger partial charge on any atom is 0.226 e. The van der Waals surface area contributed by atoms with E-state index in [1.165, 1.54) is 0 Å². The first kappa shape index (κ1) is 20.2. The lowest BCUT2D eigenvalue weighted by Gasteiger charge is -2.34. The van der Waals surface area contributed by atoms with Crippen LogP contribution in [0.2, 0.25) is 0 Å². The van der Waals surface area contributed by atoms with E-state index in [1.54, 1.807) is 0 Å². The molecule has 1 N–H and O–H groups in total. The van der Waals surface area contributed by atoms with E-state index in [2.05, 4.69) is 15.2 Å². The molecular weight excluding hydrogens is 354 g/mol. The van der Waals surface area contributed by atoms with Gasteiger partial charge in [-0.1, -0.05) is 0 Å². The van der Waals surface area contributed by atoms with Crippen molar-refractivity contribution in [3.8, 4) is 0 Å². The van der Waals surface area contributed by atoms with E-state index in [0.29, 0.717) is 18.9 Å². The van der Waals surface area contributed by atoms with Crippen LogP contribution >= 0.6 is 0 Å². The highest BCUT2D eigenvalue weighted by Gasteiger charge is 2.22. The summed E-state index contributed by atoms with van der Waals surface area (Å²) >= 11 is 0. The molecule has 3 heterocycles. The van der Waals surface area contributed by atoms with Crippen LogP contribution in [0.1, 0.15) is 42.9 Å². The third kappa shape index (κ3) is 5.47. The first-order chi connectivity index (χ1) is 13.4. The summed E-state index contributed by atoms with van der Waals surface area (Å²) in [6.45, 7) is 6.31. The predicted octanol–water partition coefficient (Wildman–Crippen LogP) is 3.07. The highest BCUT2D eigenvalue weighted by atomic mass is 16.3. The van der Waals surface area contributed by atoms with E-state index in [9.17, 15) is 4.79 Å². The van der Waals surface area contributed by atoms with E-state index in [0.717, 1.165) is 61.3 Å². The Morgan fingerprint density at radius 3 is 2.86 bits per heavy atom. The van der Waals surface area contributed by atoms with Gasteiger partial charge in [-0.15, -0.1) is 0 Å². The number of carbonyl (C=O) groups is 1. The number of aryl methyl sites for hydroxylation is 2. The molecule has 2 aromatic rings. The van der Waals surface area contributed by atoms with Crippen molar-refractivity contribution >= 4 is 17.7 Å². The molecule has 1 aliphatic rings. The van der Waals surface area contributed by atoms with E-state index in [4.69, 9.17) is 9.40 Å². The zero-order chi connectivity index (χ0) is 20.1. The zero-order valence-corrected chi connectivity index (χ0v) is 17.4. The average Bonchev–Trinajstić information content (AvgIpc) is 3.09. The number of nitrogens with zero attached hydrogens (tertiary/aromatic N) is 4. The number of piperidine rings is 1. The molecule has 0 aromatic carbocycles. The molecule has 7 heteroatoms. The molecule has 2 aromatic heterocycles. The van der Waals surface area contributed by atoms with Crippen LogP contribution in [0.15, 0.2) is 22.6 Å². The monoisotopic (exact) mass is 385 g/mol. The highest BCUT2D eigenvalue weighted by Crippen LogP contribution is 2.26. The van der Waals surface area contributed by atoms with Crippen LogP contribution in [0.4, 0.5) is 11.8 Å². The molecule has 1 saturated heterocycles. The maximum atomic E-state index is 12.2. The van der Waals surface area contributed by atoms with Crippen LogP contribution in [0.25, 0.3) is 0 Å². The minimum atomic E-state index is 0.0824. The van der Waals surface area contributed by atoms with E-state index in [1.807, 2.05) is 51.0 Å². The number of anilines is 2. The minimum absolute atomic E-state index is 0.0824. The quantitative estimate of drug-likeness (QED) is 0.790. The van der Waals surface area contributed by atoms with E-state index >= 15 is 0 Å². The summed E-state index contributed by atoms with van der Waals surface area (Å²) in [5, 5.41) is 2.95. The highest BCUT2D eigenvalue weighted by molar-refractivity contribution is 5.75. The number of hydrogen-bond acceptors (Lipinski definition) is 6. The van der Waals surface area contributed by atoms with Crippen molar-refractivity contribution in [1.82, 2.24) is 15.3 Å². The normalized spacial score (nSPS) is 16.9. The number of furan rings is 1. The van der Waals surface area contributed by atoms with Gasteiger partial charge in [-0.2, -0.15) is 4.98 Å². The van der Waals surface area contributed by atoms with Crippen LogP contribution in [-0.2, 0) is 11.3 Å². The zero-order valence-electron chi connectivity index (χ0n) is 17.4. The van der Waals surface area contributed by atoms with Crippen molar-refractivity contribution in [3.05, 3.63) is 35.4 Å². The molecular formula is C21H31N5O2. The molecule has 3 rings (SSSR count). The van der Waals surface area contributed by atoms with Crippen LogP contribution in [0, 0.1) is 19.8 Å². The number of rotatable bonds is 7. The summed E-state index contributed by atoms with van der Waals surface area (Å²) in [5.41, 5.74) is 0.975. The lowest BCUT2D eigenvalue weighted by molar-refractivity contribution is -0.121.